The van der Waals surface area contributed by atoms with E-state index in [4.69, 9.17) is 37.0 Å². The highest BCUT2D eigenvalue weighted by Gasteiger charge is 2.30. The van der Waals surface area contributed by atoms with Crippen LogP contribution in [-0.4, -0.2) is 96.7 Å². The fourth-order valence-corrected chi connectivity index (χ4v) is 12.1. The molecule has 0 aromatic heterocycles. The molecule has 0 amide bonds. The predicted molar refractivity (Wildman–Crippen MR) is 372 cm³/mol. The van der Waals surface area contributed by atoms with Gasteiger partial charge < -0.3 is 33.8 Å². The van der Waals surface area contributed by atoms with E-state index in [0.29, 0.717) is 31.6 Å². The molecule has 0 fully saturated rings. The van der Waals surface area contributed by atoms with Crippen LogP contribution in [0.2, 0.25) is 0 Å². The maximum absolute atomic E-state index is 13.0. The van der Waals surface area contributed by atoms with E-state index in [0.717, 1.165) is 121 Å². The number of hydrogen-bond donors (Lipinski definition) is 3. The van der Waals surface area contributed by atoms with Crippen molar-refractivity contribution in [1.82, 2.24) is 0 Å². The van der Waals surface area contributed by atoms with E-state index in [2.05, 4.69) is 72.8 Å². The minimum atomic E-state index is -4.96. The van der Waals surface area contributed by atoms with Gasteiger partial charge in [0.25, 0.3) is 0 Å². The van der Waals surface area contributed by atoms with Gasteiger partial charge in [0, 0.05) is 25.7 Å². The van der Waals surface area contributed by atoms with Crippen LogP contribution in [0.15, 0.2) is 24.3 Å². The molecule has 0 bridgehead atoms. The molecule has 0 heterocycles. The Bertz CT molecular complexity index is 1890. The summed E-state index contributed by atoms with van der Waals surface area (Å²) >= 11 is 0. The van der Waals surface area contributed by atoms with Crippen LogP contribution in [0.4, 0.5) is 0 Å². The van der Waals surface area contributed by atoms with Crippen molar-refractivity contribution in [3.63, 3.8) is 0 Å². The number of carbonyl (C=O) groups excluding carboxylic acids is 4. The lowest BCUT2D eigenvalue weighted by atomic mass is 10.0. The molecule has 92 heavy (non-hydrogen) atoms. The van der Waals surface area contributed by atoms with Crippen molar-refractivity contribution >= 4 is 39.5 Å². The number of ether oxygens (including phenoxy) is 4. The van der Waals surface area contributed by atoms with Gasteiger partial charge in [-0.05, 0) is 69.1 Å². The van der Waals surface area contributed by atoms with Crippen LogP contribution in [-0.2, 0) is 65.4 Å². The zero-order valence-electron chi connectivity index (χ0n) is 59.5. The first-order valence-electron chi connectivity index (χ1n) is 37.2. The van der Waals surface area contributed by atoms with Crippen LogP contribution in [0.3, 0.4) is 0 Å². The van der Waals surface area contributed by atoms with Crippen molar-refractivity contribution in [2.45, 2.75) is 362 Å². The zero-order valence-corrected chi connectivity index (χ0v) is 61.3. The number of esters is 4. The molecule has 0 aliphatic carbocycles. The van der Waals surface area contributed by atoms with Gasteiger partial charge >= 0.3 is 39.5 Å². The summed E-state index contributed by atoms with van der Waals surface area (Å²) < 4.78 is 68.3. The molecule has 542 valence electrons. The van der Waals surface area contributed by atoms with E-state index in [1.54, 1.807) is 0 Å². The number of phosphoric acid groups is 2. The average molecular weight is 1350 g/mol. The lowest BCUT2D eigenvalue weighted by molar-refractivity contribution is -0.161. The first kappa shape index (κ1) is 89.5. The Morgan fingerprint density at radius 2 is 0.587 bits per heavy atom. The van der Waals surface area contributed by atoms with Gasteiger partial charge in [-0.1, -0.05) is 291 Å². The fraction of sp³-hybridized carbons (Fsp3) is 0.890. The van der Waals surface area contributed by atoms with E-state index >= 15 is 0 Å². The molecule has 5 atom stereocenters. The second kappa shape index (κ2) is 63.3. The molecule has 0 aromatic rings. The largest absolute Gasteiger partial charge is 0.472 e. The Balaban J connectivity index is 5.28. The number of hydrogen-bond acceptors (Lipinski definition) is 15. The van der Waals surface area contributed by atoms with Gasteiger partial charge in [-0.3, -0.25) is 37.3 Å². The summed E-state index contributed by atoms with van der Waals surface area (Å²) in [7, 11) is -9.92. The summed E-state index contributed by atoms with van der Waals surface area (Å²) in [5.41, 5.74) is 0. The van der Waals surface area contributed by atoms with E-state index in [9.17, 15) is 43.2 Å². The molecule has 2 unspecified atom stereocenters. The third kappa shape index (κ3) is 66.2. The number of allylic oxidation sites excluding steroid dienone is 4. The van der Waals surface area contributed by atoms with Gasteiger partial charge in [0.15, 0.2) is 12.2 Å². The molecule has 0 radical (unpaired) electrons. The quantitative estimate of drug-likeness (QED) is 0.0169. The van der Waals surface area contributed by atoms with Crippen LogP contribution in [0.5, 0.6) is 0 Å². The molecule has 0 aliphatic rings. The maximum atomic E-state index is 13.0. The summed E-state index contributed by atoms with van der Waals surface area (Å²) in [6.07, 6.45) is 50.9. The normalized spacial score (nSPS) is 14.3. The van der Waals surface area contributed by atoms with E-state index < -0.39 is 97.5 Å². The van der Waals surface area contributed by atoms with Crippen molar-refractivity contribution < 1.29 is 80.2 Å². The van der Waals surface area contributed by atoms with Gasteiger partial charge in [-0.15, -0.1) is 0 Å². The molecule has 0 saturated carbocycles. The van der Waals surface area contributed by atoms with Gasteiger partial charge in [-0.2, -0.15) is 0 Å². The molecule has 19 heteroatoms. The Labute approximate surface area is 561 Å². The molecule has 0 rings (SSSR count). The topological polar surface area (TPSA) is 237 Å². The van der Waals surface area contributed by atoms with Gasteiger partial charge in [-0.25, -0.2) is 9.13 Å². The first-order valence-corrected chi connectivity index (χ1v) is 40.2. The molecule has 0 spiro atoms. The number of rotatable bonds is 69. The number of phosphoric ester groups is 2. The third-order valence-electron chi connectivity index (χ3n) is 16.3. The van der Waals surface area contributed by atoms with E-state index in [1.165, 1.54) is 135 Å². The molecular formula is C73H138O17P2. The van der Waals surface area contributed by atoms with Gasteiger partial charge in [0.05, 0.1) is 26.4 Å². The predicted octanol–water partition coefficient (Wildman–Crippen LogP) is 20.6. The molecule has 0 aromatic carbocycles. The van der Waals surface area contributed by atoms with Gasteiger partial charge in [0.2, 0.25) is 0 Å². The highest BCUT2D eigenvalue weighted by molar-refractivity contribution is 7.47. The van der Waals surface area contributed by atoms with Crippen molar-refractivity contribution in [3.8, 4) is 0 Å². The van der Waals surface area contributed by atoms with Crippen molar-refractivity contribution in [2.75, 3.05) is 39.6 Å². The molecular weight excluding hydrogens is 1210 g/mol. The zero-order chi connectivity index (χ0) is 68.0. The van der Waals surface area contributed by atoms with E-state index in [-0.39, 0.29) is 25.7 Å². The summed E-state index contributed by atoms with van der Waals surface area (Å²) in [6.45, 7) is 11.7. The summed E-state index contributed by atoms with van der Waals surface area (Å²) in [5, 5.41) is 10.6. The van der Waals surface area contributed by atoms with Crippen molar-refractivity contribution in [1.29, 1.82) is 0 Å². The van der Waals surface area contributed by atoms with Crippen molar-refractivity contribution in [3.05, 3.63) is 24.3 Å². The van der Waals surface area contributed by atoms with E-state index in [1.807, 2.05) is 0 Å². The van der Waals surface area contributed by atoms with Crippen LogP contribution in [0.1, 0.15) is 344 Å². The maximum Gasteiger partial charge on any atom is 0.472 e. The minimum absolute atomic E-state index is 0.0843. The third-order valence-corrected chi connectivity index (χ3v) is 18.2. The molecule has 3 N–H and O–H groups in total. The highest BCUT2D eigenvalue weighted by Crippen LogP contribution is 2.45. The van der Waals surface area contributed by atoms with Crippen molar-refractivity contribution in [2.24, 2.45) is 17.8 Å². The summed E-state index contributed by atoms with van der Waals surface area (Å²) in [5.74, 6) is 0.0542. The summed E-state index contributed by atoms with van der Waals surface area (Å²) in [4.78, 5) is 72.6. The molecule has 0 aliphatic heterocycles. The number of carbonyl (C=O) groups is 4. The lowest BCUT2D eigenvalue weighted by Gasteiger charge is -2.21. The Morgan fingerprint density at radius 1 is 0.337 bits per heavy atom. The second-order valence-electron chi connectivity index (χ2n) is 27.1. The monoisotopic (exact) mass is 1350 g/mol. The SMILES string of the molecule is CCCCCC/C=C\C=C/CCCCCCCC(=O)O[C@H](COC(=O)CCCCCCCCCCCCC(C)C)COP(=O)(O)OC[C@@H](O)COP(=O)(O)OC[C@@H](COC(=O)CCCCCCCCC(C)C)OC(=O)CCCCCCCCCCCCCCC(C)C. The van der Waals surface area contributed by atoms with Crippen LogP contribution < -0.4 is 0 Å². The lowest BCUT2D eigenvalue weighted by Crippen LogP contribution is -2.30. The van der Waals surface area contributed by atoms with Crippen LogP contribution in [0.25, 0.3) is 0 Å². The average Bonchev–Trinajstić information content (AvgIpc) is 3.50. The minimum Gasteiger partial charge on any atom is -0.462 e. The highest BCUT2D eigenvalue weighted by atomic mass is 31.2. The smallest absolute Gasteiger partial charge is 0.462 e. The number of unbranched alkanes of at least 4 members (excludes halogenated alkanes) is 34. The van der Waals surface area contributed by atoms with Crippen LogP contribution >= 0.6 is 15.6 Å². The Morgan fingerprint density at radius 3 is 0.880 bits per heavy atom. The fourth-order valence-electron chi connectivity index (χ4n) is 10.5. The first-order chi connectivity index (χ1) is 44.2. The Hall–Kier alpha value is -2.46. The van der Waals surface area contributed by atoms with Gasteiger partial charge in [0.1, 0.15) is 19.3 Å². The Kier molecular flexibility index (Phi) is 61.6. The van der Waals surface area contributed by atoms with Crippen LogP contribution in [0, 0.1) is 17.8 Å². The standard InChI is InChI=1S/C73H138O17P2/c1-8-9-10-11-12-13-14-15-16-17-21-28-33-42-49-56-72(77)89-68(60-83-70(75)54-47-40-32-27-24-23-26-31-38-45-52-65(4)5)62-87-91(79,80)85-58-67(74)59-86-92(81,82)88-63-69(61-84-71(76)55-48-41-36-35-39-46-53-66(6)7)90-73(78)57-50-43-34-29-22-19-18-20-25-30-37-44-51-64(2)3/h13-16,64-69,74H,8-12,17-63H2,1-7H3,(H,79,80)(H,81,82)/b14-13-,16-15-/t67-,68-,69-/m1/s1. The molecule has 17 nitrogen and oxygen atoms in total. The second-order valence-corrected chi connectivity index (χ2v) is 30.0. The number of aliphatic hydroxyl groups excluding tert-OH is 1. The molecule has 0 saturated heterocycles. The number of aliphatic hydroxyl groups is 1. The summed E-state index contributed by atoms with van der Waals surface area (Å²) in [6, 6.07) is 0.